The molecule has 0 aliphatic heterocycles. The maximum atomic E-state index is 14.4. The summed E-state index contributed by atoms with van der Waals surface area (Å²) < 4.78 is 22.1. The number of benzene rings is 1. The minimum Gasteiger partial charge on any atom is -0.339 e. The van der Waals surface area contributed by atoms with Crippen molar-refractivity contribution < 1.29 is 13.7 Å². The molecule has 1 amide bonds. The molecule has 0 N–H and O–H groups in total. The van der Waals surface area contributed by atoms with Gasteiger partial charge in [0.05, 0.1) is 18.1 Å². The van der Waals surface area contributed by atoms with Crippen LogP contribution in [0.4, 0.5) is 10.1 Å². The highest BCUT2D eigenvalue weighted by atomic mass is 19.1. The number of halogens is 1. The molecular weight excluding hydrogens is 543 g/mol. The van der Waals surface area contributed by atoms with Gasteiger partial charge in [-0.1, -0.05) is 17.3 Å². The zero-order valence-corrected chi connectivity index (χ0v) is 24.7. The van der Waals surface area contributed by atoms with Crippen molar-refractivity contribution in [2.75, 3.05) is 11.4 Å². The maximum absolute atomic E-state index is 14.4. The number of carbonyl (C=O) groups excluding carboxylic acids is 1. The van der Waals surface area contributed by atoms with E-state index in [9.17, 15) is 9.18 Å². The molecule has 3 heterocycles. The molecule has 11 rings (SSSR count). The van der Waals surface area contributed by atoms with E-state index in [0.29, 0.717) is 38.1 Å². The molecule has 0 spiro atoms. The normalized spacial score (nSPS) is 32.4. The molecule has 0 radical (unpaired) electrons. The van der Waals surface area contributed by atoms with Gasteiger partial charge in [-0.2, -0.15) is 10.1 Å². The number of hydrogen-bond donors (Lipinski definition) is 0. The minimum absolute atomic E-state index is 0.0215. The Labute approximate surface area is 250 Å². The number of anilines is 1. The predicted molar refractivity (Wildman–Crippen MR) is 158 cm³/mol. The third kappa shape index (κ3) is 4.09. The highest BCUT2D eigenvalue weighted by Crippen LogP contribution is 2.71. The first-order valence-electron chi connectivity index (χ1n) is 16.0. The van der Waals surface area contributed by atoms with E-state index in [1.807, 2.05) is 46.9 Å². The Morgan fingerprint density at radius 1 is 1.05 bits per heavy atom. The Kier molecular flexibility index (Phi) is 5.25. The number of imidazole rings is 1. The zero-order chi connectivity index (χ0) is 29.0. The molecule has 43 heavy (non-hydrogen) atoms. The van der Waals surface area contributed by atoms with Gasteiger partial charge in [-0.3, -0.25) is 4.79 Å². The average Bonchev–Trinajstić information content (AvgIpc) is 3.55. The summed E-state index contributed by atoms with van der Waals surface area (Å²) >= 11 is 0. The molecule has 3 aromatic heterocycles. The van der Waals surface area contributed by atoms with Crippen LogP contribution in [-0.2, 0) is 10.2 Å². The van der Waals surface area contributed by atoms with Gasteiger partial charge >= 0.3 is 0 Å². The highest BCUT2D eigenvalue weighted by Gasteiger charge is 2.69. The predicted octanol–water partition coefficient (Wildman–Crippen LogP) is 6.87. The summed E-state index contributed by atoms with van der Waals surface area (Å²) in [5, 5.41) is 8.92. The third-order valence-electron chi connectivity index (χ3n) is 11.6. The number of hydrogen-bond acceptors (Lipinski definition) is 6. The average molecular weight is 581 g/mol. The second kappa shape index (κ2) is 8.73. The van der Waals surface area contributed by atoms with Gasteiger partial charge in [-0.25, -0.2) is 13.9 Å². The summed E-state index contributed by atoms with van der Waals surface area (Å²) in [5.41, 5.74) is 3.50. The summed E-state index contributed by atoms with van der Waals surface area (Å²) in [4.78, 5) is 25.6. The van der Waals surface area contributed by atoms with Gasteiger partial charge in [0.15, 0.2) is 11.5 Å². The fourth-order valence-electron chi connectivity index (χ4n) is 8.90. The lowest BCUT2D eigenvalue weighted by Crippen LogP contribution is -2.65. The summed E-state index contributed by atoms with van der Waals surface area (Å²) in [7, 11) is 0. The van der Waals surface area contributed by atoms with E-state index in [1.165, 1.54) is 12.8 Å². The van der Waals surface area contributed by atoms with Crippen molar-refractivity contribution in [1.29, 1.82) is 0 Å². The van der Waals surface area contributed by atoms with Crippen molar-refractivity contribution in [3.8, 4) is 11.3 Å². The molecule has 7 aliphatic carbocycles. The lowest BCUT2D eigenvalue weighted by Gasteiger charge is -2.66. The van der Waals surface area contributed by atoms with Crippen LogP contribution in [0.2, 0.25) is 0 Å². The number of alkyl halides is 1. The van der Waals surface area contributed by atoms with E-state index in [0.717, 1.165) is 78.4 Å². The first-order valence-corrected chi connectivity index (χ1v) is 16.0. The third-order valence-corrected chi connectivity index (χ3v) is 11.6. The first kappa shape index (κ1) is 25.8. The van der Waals surface area contributed by atoms with Gasteiger partial charge < -0.3 is 9.42 Å². The number of carbonyl (C=O) groups is 1. The summed E-state index contributed by atoms with van der Waals surface area (Å²) in [5.74, 6) is 2.34. The molecule has 7 fully saturated rings. The van der Waals surface area contributed by atoms with Crippen LogP contribution in [0.15, 0.2) is 47.2 Å². The molecule has 8 nitrogen and oxygen atoms in total. The molecule has 7 aliphatic rings. The second-order valence-corrected chi connectivity index (χ2v) is 14.8. The summed E-state index contributed by atoms with van der Waals surface area (Å²) in [6.07, 6.45) is 14.2. The standard InChI is InChI=1S/C34H37FN6O2/c1-22-13-27-36-17-26(41(27)37-16-22)24-3-2-4-25(14-24)40(28(42)15-32-18-34(35,19-32)20-32)21-31-7-10-33(11-8-31,12-9-31)30-38-29(39-43-30)23-5-6-23/h2-4,13-14,16-17,23H,5-12,15,18-21H2,1H3. The number of aryl methyl sites for hydroxylation is 1. The van der Waals surface area contributed by atoms with Crippen LogP contribution in [0.5, 0.6) is 0 Å². The van der Waals surface area contributed by atoms with E-state index in [4.69, 9.17) is 9.51 Å². The summed E-state index contributed by atoms with van der Waals surface area (Å²) in [6, 6.07) is 10.2. The van der Waals surface area contributed by atoms with Crippen LogP contribution in [0.3, 0.4) is 0 Å². The van der Waals surface area contributed by atoms with E-state index in [1.54, 1.807) is 0 Å². The molecule has 222 valence electrons. The smallest absolute Gasteiger partial charge is 0.232 e. The van der Waals surface area contributed by atoms with Crippen molar-refractivity contribution >= 4 is 17.2 Å². The molecule has 0 unspecified atom stereocenters. The number of aromatic nitrogens is 5. The Balaban J connectivity index is 1.01. The van der Waals surface area contributed by atoms with Gasteiger partial charge in [0.2, 0.25) is 11.8 Å². The molecule has 0 saturated heterocycles. The Morgan fingerprint density at radius 3 is 2.53 bits per heavy atom. The van der Waals surface area contributed by atoms with Crippen LogP contribution in [0.1, 0.15) is 100 Å². The molecular formula is C34H37FN6O2. The quantitative estimate of drug-likeness (QED) is 0.226. The zero-order valence-electron chi connectivity index (χ0n) is 24.7. The Morgan fingerprint density at radius 2 is 1.81 bits per heavy atom. The first-order chi connectivity index (χ1) is 20.7. The number of nitrogens with zero attached hydrogens (tertiary/aromatic N) is 6. The van der Waals surface area contributed by atoms with Crippen LogP contribution < -0.4 is 4.90 Å². The van der Waals surface area contributed by atoms with Gasteiger partial charge in [0.25, 0.3) is 0 Å². The van der Waals surface area contributed by atoms with Crippen molar-refractivity contribution in [3.05, 3.63) is 60.0 Å². The Bertz CT molecular complexity index is 1730. The lowest BCUT2D eigenvalue weighted by molar-refractivity contribution is -0.215. The summed E-state index contributed by atoms with van der Waals surface area (Å²) in [6.45, 7) is 2.69. The second-order valence-electron chi connectivity index (χ2n) is 14.8. The van der Waals surface area contributed by atoms with Gasteiger partial charge in [-0.05, 0) is 112 Å². The highest BCUT2D eigenvalue weighted by molar-refractivity contribution is 5.95. The molecule has 9 heteroatoms. The minimum atomic E-state index is -1.01. The monoisotopic (exact) mass is 580 g/mol. The van der Waals surface area contributed by atoms with E-state index < -0.39 is 5.67 Å². The SMILES string of the molecule is Cc1cnn2c(-c3cccc(N(CC45CCC(c6nc(C7CC7)no6)(CC4)CC5)C(=O)CC45CC(F)(C4)C5)c3)cnc2c1. The van der Waals surface area contributed by atoms with Crippen LogP contribution in [0, 0.1) is 17.8 Å². The molecule has 4 bridgehead atoms. The fraction of sp³-hybridized carbons (Fsp3) is 0.559. The number of rotatable bonds is 8. The van der Waals surface area contributed by atoms with Crippen molar-refractivity contribution in [2.45, 2.75) is 101 Å². The van der Waals surface area contributed by atoms with Gasteiger partial charge in [0.1, 0.15) is 5.67 Å². The van der Waals surface area contributed by atoms with Crippen molar-refractivity contribution in [1.82, 2.24) is 24.7 Å². The van der Waals surface area contributed by atoms with Gasteiger partial charge in [0, 0.05) is 35.5 Å². The van der Waals surface area contributed by atoms with Crippen LogP contribution in [-0.4, -0.2) is 42.9 Å². The van der Waals surface area contributed by atoms with Crippen LogP contribution >= 0.6 is 0 Å². The van der Waals surface area contributed by atoms with E-state index in [2.05, 4.69) is 27.4 Å². The molecule has 4 aromatic rings. The maximum Gasteiger partial charge on any atom is 0.232 e. The Hall–Kier alpha value is -3.62. The molecule has 7 saturated carbocycles. The van der Waals surface area contributed by atoms with Crippen molar-refractivity contribution in [3.63, 3.8) is 0 Å². The topological polar surface area (TPSA) is 89.4 Å². The van der Waals surface area contributed by atoms with E-state index >= 15 is 0 Å². The largest absolute Gasteiger partial charge is 0.339 e. The number of amides is 1. The van der Waals surface area contributed by atoms with Crippen LogP contribution in [0.25, 0.3) is 16.9 Å². The molecule has 1 aromatic carbocycles. The van der Waals surface area contributed by atoms with Gasteiger partial charge in [-0.15, -0.1) is 0 Å². The fourth-order valence-corrected chi connectivity index (χ4v) is 8.90. The van der Waals surface area contributed by atoms with E-state index in [-0.39, 0.29) is 22.2 Å². The van der Waals surface area contributed by atoms with Crippen molar-refractivity contribution in [2.24, 2.45) is 10.8 Å². The lowest BCUT2D eigenvalue weighted by atomic mass is 9.41. The number of fused-ring (bicyclic) bond motifs is 4. The molecule has 0 atom stereocenters.